The van der Waals surface area contributed by atoms with E-state index >= 15 is 0 Å². The van der Waals surface area contributed by atoms with Crippen LogP contribution in [0.25, 0.3) is 5.69 Å². The van der Waals surface area contributed by atoms with E-state index in [1.165, 1.54) is 14.2 Å². The predicted molar refractivity (Wildman–Crippen MR) is 114 cm³/mol. The van der Waals surface area contributed by atoms with Crippen molar-refractivity contribution < 1.29 is 19.3 Å². The van der Waals surface area contributed by atoms with Crippen molar-refractivity contribution in [1.82, 2.24) is 14.9 Å². The van der Waals surface area contributed by atoms with Crippen molar-refractivity contribution in [2.45, 2.75) is 12.5 Å². The number of fused-ring (bicyclic) bond motifs is 1. The van der Waals surface area contributed by atoms with Gasteiger partial charge in [-0.2, -0.15) is 0 Å². The summed E-state index contributed by atoms with van der Waals surface area (Å²) in [5.41, 5.74) is 0.711. The highest BCUT2D eigenvalue weighted by atomic mass is 16.5. The van der Waals surface area contributed by atoms with Crippen LogP contribution in [0.3, 0.4) is 0 Å². The molecule has 0 spiro atoms. The second-order valence-electron chi connectivity index (χ2n) is 7.08. The van der Waals surface area contributed by atoms with E-state index in [1.54, 1.807) is 37.4 Å². The number of nitrogens with zero attached hydrogens (tertiary/aromatic N) is 1. The topological polar surface area (TPSA) is 115 Å². The number of hydrogen-bond acceptors (Lipinski definition) is 7. The van der Waals surface area contributed by atoms with Crippen molar-refractivity contribution in [1.29, 1.82) is 0 Å². The molecule has 1 atom stereocenters. The normalized spacial score (nSPS) is 15.3. The highest BCUT2D eigenvalue weighted by Crippen LogP contribution is 2.38. The molecule has 0 saturated heterocycles. The fraction of sp³-hybridized carbons (Fsp3) is 0.273. The van der Waals surface area contributed by atoms with Gasteiger partial charge in [-0.05, 0) is 41.8 Å². The molecule has 162 valence electrons. The average molecular weight is 425 g/mol. The lowest BCUT2D eigenvalue weighted by molar-refractivity contribution is 0.352. The standard InChI is InChI=1S/C22H23N3O6/c1-29-14-6-4-5-13(10-14)25-21(27)18(20(26)24-22(25)28)19-15-11-17(31-3)16(30-2)9-12(15)7-8-23-19/h4-6,9-11,19,23,27H,7-8H2,1-3H3,(H,24,26,28)/t19-/m0/s1. The number of H-pyrrole nitrogens is 1. The van der Waals surface area contributed by atoms with Crippen molar-refractivity contribution in [2.24, 2.45) is 0 Å². The summed E-state index contributed by atoms with van der Waals surface area (Å²) in [6.45, 7) is 0.574. The number of aromatic nitrogens is 2. The Hall–Kier alpha value is -3.72. The van der Waals surface area contributed by atoms with Gasteiger partial charge in [0.2, 0.25) is 5.88 Å². The summed E-state index contributed by atoms with van der Waals surface area (Å²) < 4.78 is 17.1. The minimum absolute atomic E-state index is 0.0376. The van der Waals surface area contributed by atoms with E-state index in [1.807, 2.05) is 6.07 Å². The molecule has 0 saturated carbocycles. The van der Waals surface area contributed by atoms with Gasteiger partial charge in [-0.3, -0.25) is 9.78 Å². The van der Waals surface area contributed by atoms with Crippen LogP contribution in [0, 0.1) is 0 Å². The fourth-order valence-electron chi connectivity index (χ4n) is 3.93. The molecular weight excluding hydrogens is 402 g/mol. The van der Waals surface area contributed by atoms with Crippen LogP contribution in [-0.2, 0) is 6.42 Å². The van der Waals surface area contributed by atoms with Gasteiger partial charge < -0.3 is 24.6 Å². The summed E-state index contributed by atoms with van der Waals surface area (Å²) in [5.74, 6) is 1.16. The highest BCUT2D eigenvalue weighted by molar-refractivity contribution is 5.53. The van der Waals surface area contributed by atoms with Gasteiger partial charge in [0.25, 0.3) is 5.56 Å². The largest absolute Gasteiger partial charge is 0.497 e. The molecule has 31 heavy (non-hydrogen) atoms. The first-order valence-electron chi connectivity index (χ1n) is 9.69. The molecule has 9 heteroatoms. The Morgan fingerprint density at radius 1 is 1.03 bits per heavy atom. The molecule has 9 nitrogen and oxygen atoms in total. The monoisotopic (exact) mass is 425 g/mol. The molecule has 0 unspecified atom stereocenters. The van der Waals surface area contributed by atoms with Crippen LogP contribution in [0.1, 0.15) is 22.7 Å². The lowest BCUT2D eigenvalue weighted by Gasteiger charge is -2.28. The van der Waals surface area contributed by atoms with E-state index in [9.17, 15) is 14.7 Å². The molecular formula is C22H23N3O6. The number of benzene rings is 2. The number of nitrogens with one attached hydrogen (secondary N) is 2. The maximum Gasteiger partial charge on any atom is 0.335 e. The first kappa shape index (κ1) is 20.5. The van der Waals surface area contributed by atoms with Gasteiger partial charge in [0, 0.05) is 12.6 Å². The molecule has 3 N–H and O–H groups in total. The number of aromatic hydroxyl groups is 1. The minimum atomic E-state index is -0.747. The van der Waals surface area contributed by atoms with Gasteiger partial charge in [0.05, 0.1) is 38.6 Å². The number of aromatic amines is 1. The third kappa shape index (κ3) is 3.53. The molecule has 0 aliphatic carbocycles. The van der Waals surface area contributed by atoms with Gasteiger partial charge in [0.15, 0.2) is 11.5 Å². The zero-order valence-electron chi connectivity index (χ0n) is 17.4. The van der Waals surface area contributed by atoms with Gasteiger partial charge in [-0.1, -0.05) is 6.07 Å². The summed E-state index contributed by atoms with van der Waals surface area (Å²) in [4.78, 5) is 27.7. The van der Waals surface area contributed by atoms with Crippen LogP contribution in [0.15, 0.2) is 46.0 Å². The predicted octanol–water partition coefficient (Wildman–Crippen LogP) is 1.49. The van der Waals surface area contributed by atoms with Crippen LogP contribution in [0.5, 0.6) is 23.1 Å². The zero-order chi connectivity index (χ0) is 22.1. The van der Waals surface area contributed by atoms with Gasteiger partial charge in [-0.25, -0.2) is 9.36 Å². The van der Waals surface area contributed by atoms with Crippen molar-refractivity contribution in [2.75, 3.05) is 27.9 Å². The smallest absolute Gasteiger partial charge is 0.335 e. The van der Waals surface area contributed by atoms with Crippen LogP contribution in [-0.4, -0.2) is 42.5 Å². The quantitative estimate of drug-likeness (QED) is 0.567. The summed E-state index contributed by atoms with van der Waals surface area (Å²) in [5, 5.41) is 14.3. The molecule has 1 aromatic heterocycles. The SMILES string of the molecule is COc1cccc(-n2c(O)c([C@H]3NCCc4cc(OC)c(OC)cc43)c(=O)[nH]c2=O)c1. The lowest BCUT2D eigenvalue weighted by Crippen LogP contribution is -2.38. The highest BCUT2D eigenvalue weighted by Gasteiger charge is 2.30. The van der Waals surface area contributed by atoms with Crippen molar-refractivity contribution >= 4 is 0 Å². The van der Waals surface area contributed by atoms with E-state index in [0.717, 1.165) is 15.7 Å². The Balaban J connectivity index is 1.93. The molecule has 3 aromatic rings. The lowest BCUT2D eigenvalue weighted by atomic mass is 9.90. The second-order valence-corrected chi connectivity index (χ2v) is 7.08. The summed E-state index contributed by atoms with van der Waals surface area (Å²) in [6, 6.07) is 9.65. The van der Waals surface area contributed by atoms with Gasteiger partial charge in [0.1, 0.15) is 5.75 Å². The number of hydrogen-bond donors (Lipinski definition) is 3. The first-order valence-corrected chi connectivity index (χ1v) is 9.69. The first-order chi connectivity index (χ1) is 15.0. The maximum absolute atomic E-state index is 12.8. The zero-order valence-corrected chi connectivity index (χ0v) is 17.4. The molecule has 0 amide bonds. The Kier molecular flexibility index (Phi) is 5.43. The second kappa shape index (κ2) is 8.19. The molecule has 0 bridgehead atoms. The maximum atomic E-state index is 12.8. The van der Waals surface area contributed by atoms with Crippen LogP contribution < -0.4 is 30.8 Å². The summed E-state index contributed by atoms with van der Waals surface area (Å²) in [6.07, 6.45) is 0.709. The van der Waals surface area contributed by atoms with Crippen molar-refractivity contribution in [3.63, 3.8) is 0 Å². The van der Waals surface area contributed by atoms with E-state index in [2.05, 4.69) is 10.3 Å². The molecule has 2 heterocycles. The molecule has 0 fully saturated rings. The van der Waals surface area contributed by atoms with Crippen molar-refractivity contribution in [3.05, 3.63) is 73.9 Å². The van der Waals surface area contributed by atoms with Gasteiger partial charge >= 0.3 is 5.69 Å². The average Bonchev–Trinajstić information content (AvgIpc) is 2.78. The van der Waals surface area contributed by atoms with Crippen LogP contribution >= 0.6 is 0 Å². The van der Waals surface area contributed by atoms with Gasteiger partial charge in [-0.15, -0.1) is 0 Å². The molecule has 0 radical (unpaired) electrons. The third-order valence-electron chi connectivity index (χ3n) is 5.42. The van der Waals surface area contributed by atoms with E-state index in [4.69, 9.17) is 14.2 Å². The molecule has 1 aliphatic heterocycles. The fourth-order valence-corrected chi connectivity index (χ4v) is 3.93. The van der Waals surface area contributed by atoms with E-state index in [-0.39, 0.29) is 5.56 Å². The molecule has 2 aromatic carbocycles. The Morgan fingerprint density at radius 2 is 1.77 bits per heavy atom. The third-order valence-corrected chi connectivity index (χ3v) is 5.42. The summed E-state index contributed by atoms with van der Waals surface area (Å²) >= 11 is 0. The number of methoxy groups -OCH3 is 3. The van der Waals surface area contributed by atoms with E-state index in [0.29, 0.717) is 35.9 Å². The Labute approximate surface area is 177 Å². The number of ether oxygens (including phenoxy) is 3. The Morgan fingerprint density at radius 3 is 2.48 bits per heavy atom. The Bertz CT molecular complexity index is 1250. The van der Waals surface area contributed by atoms with E-state index < -0.39 is 23.2 Å². The molecule has 4 rings (SSSR count). The molecule has 1 aliphatic rings. The van der Waals surface area contributed by atoms with Crippen LogP contribution in [0.2, 0.25) is 0 Å². The number of rotatable bonds is 5. The van der Waals surface area contributed by atoms with Crippen LogP contribution in [0.4, 0.5) is 0 Å². The minimum Gasteiger partial charge on any atom is -0.497 e. The summed E-state index contributed by atoms with van der Waals surface area (Å²) in [7, 11) is 4.59. The van der Waals surface area contributed by atoms with Crippen molar-refractivity contribution in [3.8, 4) is 28.8 Å².